The Morgan fingerprint density at radius 2 is 2.04 bits per heavy atom. The number of aryl methyl sites for hydroxylation is 1. The average molecular weight is 377 g/mol. The third-order valence-corrected chi connectivity index (χ3v) is 5.13. The first-order valence-corrected chi connectivity index (χ1v) is 9.55. The van der Waals surface area contributed by atoms with E-state index in [0.717, 1.165) is 42.5 Å². The van der Waals surface area contributed by atoms with Gasteiger partial charge in [0.1, 0.15) is 0 Å². The van der Waals surface area contributed by atoms with Crippen molar-refractivity contribution in [1.29, 1.82) is 0 Å². The fraction of sp³-hybridized carbons (Fsp3) is 0.474. The average Bonchev–Trinajstić information content (AvgIpc) is 3.14. The molecule has 1 N–H and O–H groups in total. The third-order valence-electron chi connectivity index (χ3n) is 4.09. The smallest absolute Gasteiger partial charge is 0.193 e. The lowest BCUT2D eigenvalue weighted by Gasteiger charge is -2.22. The Balaban J connectivity index is 1.89. The Kier molecular flexibility index (Phi) is 7.72. The van der Waals surface area contributed by atoms with Crippen molar-refractivity contribution >= 4 is 17.3 Å². The molecule has 2 rings (SSSR count). The van der Waals surface area contributed by atoms with Crippen molar-refractivity contribution < 1.29 is 9.47 Å². The number of thiazole rings is 1. The Labute approximate surface area is 159 Å². The molecule has 0 amide bonds. The van der Waals surface area contributed by atoms with E-state index in [1.807, 2.05) is 19.2 Å². The standard InChI is InChI=1S/C19H28N4O2S/c1-6-18-22-15(13-26-18)12-21-19(20-2)23(3)10-9-14-7-8-16(24-4)17(11-14)25-5/h7-8,11,13H,6,9-10,12H2,1-5H3,(H,20,21). The van der Waals surface area contributed by atoms with Crippen LogP contribution in [0.3, 0.4) is 0 Å². The highest BCUT2D eigenvalue weighted by molar-refractivity contribution is 7.09. The SMILES string of the molecule is CCc1nc(CNC(=NC)N(C)CCc2ccc(OC)c(OC)c2)cs1. The van der Waals surface area contributed by atoms with Gasteiger partial charge in [-0.05, 0) is 30.5 Å². The van der Waals surface area contributed by atoms with Gasteiger partial charge in [-0.15, -0.1) is 11.3 Å². The second kappa shape index (κ2) is 10.0. The van der Waals surface area contributed by atoms with E-state index in [-0.39, 0.29) is 0 Å². The minimum atomic E-state index is 0.684. The molecular formula is C19H28N4O2S. The molecule has 0 aliphatic heterocycles. The summed E-state index contributed by atoms with van der Waals surface area (Å²) in [6, 6.07) is 6.02. The molecule has 0 aliphatic carbocycles. The minimum Gasteiger partial charge on any atom is -0.493 e. The quantitative estimate of drug-likeness (QED) is 0.567. The Morgan fingerprint density at radius 1 is 1.27 bits per heavy atom. The maximum Gasteiger partial charge on any atom is 0.193 e. The number of aromatic nitrogens is 1. The summed E-state index contributed by atoms with van der Waals surface area (Å²) >= 11 is 1.70. The molecule has 2 aromatic rings. The molecule has 0 fully saturated rings. The number of methoxy groups -OCH3 is 2. The molecule has 0 saturated carbocycles. The Bertz CT molecular complexity index is 730. The van der Waals surface area contributed by atoms with E-state index < -0.39 is 0 Å². The fourth-order valence-electron chi connectivity index (χ4n) is 2.59. The van der Waals surface area contributed by atoms with Crippen LogP contribution >= 0.6 is 11.3 Å². The van der Waals surface area contributed by atoms with Gasteiger partial charge in [-0.2, -0.15) is 0 Å². The molecular weight excluding hydrogens is 348 g/mol. The zero-order chi connectivity index (χ0) is 18.9. The molecule has 1 aromatic heterocycles. The van der Waals surface area contributed by atoms with Crippen molar-refractivity contribution in [2.24, 2.45) is 4.99 Å². The van der Waals surface area contributed by atoms with Gasteiger partial charge in [0.2, 0.25) is 0 Å². The van der Waals surface area contributed by atoms with Crippen LogP contribution in [0.1, 0.15) is 23.2 Å². The van der Waals surface area contributed by atoms with Crippen molar-refractivity contribution in [3.05, 3.63) is 39.8 Å². The molecule has 0 bridgehead atoms. The topological polar surface area (TPSA) is 59.0 Å². The van der Waals surface area contributed by atoms with Gasteiger partial charge in [-0.3, -0.25) is 4.99 Å². The number of nitrogens with zero attached hydrogens (tertiary/aromatic N) is 3. The number of aliphatic imine (C=N–C) groups is 1. The number of hydrogen-bond acceptors (Lipinski definition) is 5. The van der Waals surface area contributed by atoms with E-state index in [9.17, 15) is 0 Å². The second-order valence-electron chi connectivity index (χ2n) is 5.85. The monoisotopic (exact) mass is 376 g/mol. The van der Waals surface area contributed by atoms with Crippen LogP contribution in [0, 0.1) is 0 Å². The third kappa shape index (κ3) is 5.36. The zero-order valence-electron chi connectivity index (χ0n) is 16.2. The summed E-state index contributed by atoms with van der Waals surface area (Å²) in [5.41, 5.74) is 2.25. The first-order chi connectivity index (χ1) is 12.6. The van der Waals surface area contributed by atoms with E-state index in [4.69, 9.17) is 9.47 Å². The Hall–Kier alpha value is -2.28. The van der Waals surface area contributed by atoms with Crippen LogP contribution in [-0.2, 0) is 19.4 Å². The van der Waals surface area contributed by atoms with E-state index >= 15 is 0 Å². The van der Waals surface area contributed by atoms with Crippen molar-refractivity contribution in [2.45, 2.75) is 26.3 Å². The molecule has 142 valence electrons. The van der Waals surface area contributed by atoms with Crippen molar-refractivity contribution in [3.8, 4) is 11.5 Å². The predicted molar refractivity (Wildman–Crippen MR) is 108 cm³/mol. The molecule has 0 atom stereocenters. The highest BCUT2D eigenvalue weighted by Gasteiger charge is 2.09. The number of guanidine groups is 1. The second-order valence-corrected chi connectivity index (χ2v) is 6.79. The van der Waals surface area contributed by atoms with Gasteiger partial charge in [0.05, 0.1) is 31.5 Å². The van der Waals surface area contributed by atoms with Crippen molar-refractivity contribution in [1.82, 2.24) is 15.2 Å². The van der Waals surface area contributed by atoms with Gasteiger partial charge in [-0.25, -0.2) is 4.98 Å². The summed E-state index contributed by atoms with van der Waals surface area (Å²) < 4.78 is 10.7. The summed E-state index contributed by atoms with van der Waals surface area (Å²) in [6.45, 7) is 3.65. The molecule has 0 spiro atoms. The van der Waals surface area contributed by atoms with Gasteiger partial charge < -0.3 is 19.7 Å². The van der Waals surface area contributed by atoms with Crippen LogP contribution in [0.15, 0.2) is 28.6 Å². The minimum absolute atomic E-state index is 0.684. The predicted octanol–water partition coefficient (Wildman–Crippen LogP) is 2.97. The van der Waals surface area contributed by atoms with Crippen molar-refractivity contribution in [3.63, 3.8) is 0 Å². The summed E-state index contributed by atoms with van der Waals surface area (Å²) in [5, 5.41) is 6.64. The zero-order valence-corrected chi connectivity index (χ0v) is 17.0. The van der Waals surface area contributed by atoms with E-state index in [2.05, 4.69) is 38.6 Å². The molecule has 1 aromatic carbocycles. The summed E-state index contributed by atoms with van der Waals surface area (Å²) in [5.74, 6) is 2.36. The number of likely N-dealkylation sites (N-methyl/N-ethyl adjacent to an activating group) is 1. The van der Waals surface area contributed by atoms with Gasteiger partial charge in [0.15, 0.2) is 17.5 Å². The molecule has 0 radical (unpaired) electrons. The van der Waals surface area contributed by atoms with Gasteiger partial charge in [-0.1, -0.05) is 13.0 Å². The maximum absolute atomic E-state index is 5.37. The van der Waals surface area contributed by atoms with Gasteiger partial charge in [0, 0.05) is 26.0 Å². The molecule has 7 heteroatoms. The van der Waals surface area contributed by atoms with Gasteiger partial charge in [0.25, 0.3) is 0 Å². The first-order valence-electron chi connectivity index (χ1n) is 8.67. The van der Waals surface area contributed by atoms with E-state index in [1.54, 1.807) is 32.6 Å². The first kappa shape index (κ1) is 20.0. The van der Waals surface area contributed by atoms with Crippen LogP contribution < -0.4 is 14.8 Å². The molecule has 26 heavy (non-hydrogen) atoms. The number of hydrogen-bond donors (Lipinski definition) is 1. The molecule has 0 aliphatic rings. The van der Waals surface area contributed by atoms with Crippen LogP contribution in [0.2, 0.25) is 0 Å². The van der Waals surface area contributed by atoms with Crippen LogP contribution in [0.25, 0.3) is 0 Å². The Morgan fingerprint density at radius 3 is 2.65 bits per heavy atom. The fourth-order valence-corrected chi connectivity index (χ4v) is 3.33. The lowest BCUT2D eigenvalue weighted by molar-refractivity contribution is 0.354. The maximum atomic E-state index is 5.37. The lowest BCUT2D eigenvalue weighted by Crippen LogP contribution is -2.39. The van der Waals surface area contributed by atoms with Gasteiger partial charge >= 0.3 is 0 Å². The number of nitrogens with one attached hydrogen (secondary N) is 1. The highest BCUT2D eigenvalue weighted by atomic mass is 32.1. The number of benzene rings is 1. The van der Waals surface area contributed by atoms with E-state index in [1.165, 1.54) is 10.6 Å². The van der Waals surface area contributed by atoms with Crippen LogP contribution in [-0.4, -0.2) is 50.7 Å². The number of rotatable bonds is 8. The summed E-state index contributed by atoms with van der Waals surface area (Å²) in [6.07, 6.45) is 1.86. The number of ether oxygens (including phenoxy) is 2. The molecule has 6 nitrogen and oxygen atoms in total. The van der Waals surface area contributed by atoms with Crippen LogP contribution in [0.5, 0.6) is 11.5 Å². The molecule has 1 heterocycles. The van der Waals surface area contributed by atoms with E-state index in [0.29, 0.717) is 6.54 Å². The summed E-state index contributed by atoms with van der Waals surface area (Å²) in [4.78, 5) is 11.1. The lowest BCUT2D eigenvalue weighted by atomic mass is 10.1. The van der Waals surface area contributed by atoms with Crippen molar-refractivity contribution in [2.75, 3.05) is 34.9 Å². The highest BCUT2D eigenvalue weighted by Crippen LogP contribution is 2.27. The molecule has 0 saturated heterocycles. The normalized spacial score (nSPS) is 11.3. The summed E-state index contributed by atoms with van der Waals surface area (Å²) in [7, 11) is 7.14. The largest absolute Gasteiger partial charge is 0.493 e. The molecule has 0 unspecified atom stereocenters. The van der Waals surface area contributed by atoms with Crippen LogP contribution in [0.4, 0.5) is 0 Å².